The lowest BCUT2D eigenvalue weighted by Gasteiger charge is -2.27. The Labute approximate surface area is 183 Å². The van der Waals surface area contributed by atoms with Gasteiger partial charge in [-0.15, -0.1) is 12.4 Å². The van der Waals surface area contributed by atoms with Crippen molar-refractivity contribution in [3.8, 4) is 0 Å². The van der Waals surface area contributed by atoms with Crippen molar-refractivity contribution in [2.24, 2.45) is 5.73 Å². The van der Waals surface area contributed by atoms with Crippen molar-refractivity contribution in [2.75, 3.05) is 31.1 Å². The third-order valence-corrected chi connectivity index (χ3v) is 6.35. The number of nitrogens with two attached hydrogens (primary N) is 1. The average Bonchev–Trinajstić information content (AvgIpc) is 3.37. The van der Waals surface area contributed by atoms with E-state index in [1.165, 1.54) is 27.6 Å². The normalized spacial score (nSPS) is 18.7. The molecule has 0 radical (unpaired) electrons. The zero-order valence-electron chi connectivity index (χ0n) is 16.9. The minimum absolute atomic E-state index is 0. The molecule has 0 spiro atoms. The first-order valence-electron chi connectivity index (χ1n) is 10.3. The Morgan fingerprint density at radius 3 is 2.83 bits per heavy atom. The number of carbonyl (C=O) groups is 1. The number of carbonyl (C=O) groups excluding carboxylic acids is 1. The van der Waals surface area contributed by atoms with Gasteiger partial charge in [-0.1, -0.05) is 30.3 Å². The Morgan fingerprint density at radius 2 is 2.03 bits per heavy atom. The first-order valence-corrected chi connectivity index (χ1v) is 10.3. The highest BCUT2D eigenvalue weighted by Gasteiger charge is 2.31. The molecule has 5 rings (SSSR count). The molecule has 5 nitrogen and oxygen atoms in total. The van der Waals surface area contributed by atoms with E-state index in [1.54, 1.807) is 4.90 Å². The summed E-state index contributed by atoms with van der Waals surface area (Å²) in [6.07, 6.45) is 6.48. The fourth-order valence-corrected chi connectivity index (χ4v) is 4.72. The van der Waals surface area contributed by atoms with Crippen LogP contribution in [0.15, 0.2) is 60.8 Å². The van der Waals surface area contributed by atoms with Gasteiger partial charge >= 0.3 is 6.03 Å². The number of aromatic nitrogens is 1. The van der Waals surface area contributed by atoms with Crippen molar-refractivity contribution in [1.29, 1.82) is 0 Å². The largest absolute Gasteiger partial charge is 0.361 e. The Balaban J connectivity index is 0.00000218. The van der Waals surface area contributed by atoms with Crippen molar-refractivity contribution < 1.29 is 4.79 Å². The quantitative estimate of drug-likeness (QED) is 0.637. The van der Waals surface area contributed by atoms with Crippen LogP contribution in [0.1, 0.15) is 29.9 Å². The van der Waals surface area contributed by atoms with Crippen LogP contribution >= 0.6 is 12.4 Å². The van der Waals surface area contributed by atoms with E-state index in [2.05, 4.69) is 46.3 Å². The molecule has 1 atom stereocenters. The van der Waals surface area contributed by atoms with Gasteiger partial charge in [0.05, 0.1) is 0 Å². The van der Waals surface area contributed by atoms with Crippen molar-refractivity contribution in [2.45, 2.75) is 18.8 Å². The smallest absolute Gasteiger partial charge is 0.319 e. The molecule has 2 aromatic carbocycles. The number of primary amides is 1. The van der Waals surface area contributed by atoms with Crippen molar-refractivity contribution in [1.82, 2.24) is 9.88 Å². The summed E-state index contributed by atoms with van der Waals surface area (Å²) in [7, 11) is 0. The van der Waals surface area contributed by atoms with Gasteiger partial charge in [0.2, 0.25) is 0 Å². The molecule has 156 valence electrons. The lowest BCUT2D eigenvalue weighted by molar-refractivity contribution is 0.253. The van der Waals surface area contributed by atoms with Crippen LogP contribution in [0, 0.1) is 0 Å². The Bertz CT molecular complexity index is 1090. The maximum atomic E-state index is 11.8. The summed E-state index contributed by atoms with van der Waals surface area (Å²) < 4.78 is 0. The molecule has 0 saturated heterocycles. The number of fused-ring (bicyclic) bond motifs is 2. The van der Waals surface area contributed by atoms with E-state index >= 15 is 0 Å². The number of rotatable bonds is 4. The van der Waals surface area contributed by atoms with Gasteiger partial charge in [-0.25, -0.2) is 4.79 Å². The molecule has 3 heterocycles. The highest BCUT2D eigenvalue weighted by molar-refractivity contribution is 5.93. The van der Waals surface area contributed by atoms with E-state index < -0.39 is 0 Å². The monoisotopic (exact) mass is 422 g/mol. The van der Waals surface area contributed by atoms with Gasteiger partial charge in [-0.2, -0.15) is 0 Å². The second-order valence-corrected chi connectivity index (χ2v) is 8.05. The highest BCUT2D eigenvalue weighted by Crippen LogP contribution is 2.38. The fraction of sp³-hybridized carbons (Fsp3) is 0.292. The summed E-state index contributed by atoms with van der Waals surface area (Å²) in [6, 6.07) is 16.6. The van der Waals surface area contributed by atoms with Gasteiger partial charge in [0, 0.05) is 43.0 Å². The number of nitrogens with one attached hydrogen (secondary N) is 1. The van der Waals surface area contributed by atoms with Crippen LogP contribution in [0.25, 0.3) is 16.5 Å². The molecule has 3 N–H and O–H groups in total. The zero-order valence-corrected chi connectivity index (χ0v) is 17.7. The second kappa shape index (κ2) is 8.54. The standard InChI is InChI=1S/C24H26N4O.ClH/c25-24(29)28-16-20(21-3-1-2-4-23(21)28)10-14-27-12-8-17(9-13-27)18-5-6-22-19(15-18)7-11-26-22;/h1-8,11,15,20,26H,9-10,12-14,16H2,(H2,25,29);1H/t20-;/m1./s1. The number of urea groups is 1. The molecule has 0 unspecified atom stereocenters. The number of anilines is 1. The van der Waals surface area contributed by atoms with Gasteiger partial charge in [0.15, 0.2) is 0 Å². The average molecular weight is 423 g/mol. The molecule has 1 aromatic heterocycles. The lowest BCUT2D eigenvalue weighted by atomic mass is 9.96. The number of hydrogen-bond acceptors (Lipinski definition) is 2. The third-order valence-electron chi connectivity index (χ3n) is 6.35. The molecule has 0 aliphatic carbocycles. The molecule has 2 aliphatic heterocycles. The van der Waals surface area contributed by atoms with E-state index in [0.717, 1.165) is 38.2 Å². The number of aromatic amines is 1. The zero-order chi connectivity index (χ0) is 19.8. The summed E-state index contributed by atoms with van der Waals surface area (Å²) in [6.45, 7) is 3.78. The third kappa shape index (κ3) is 3.83. The molecule has 3 aromatic rings. The minimum Gasteiger partial charge on any atom is -0.361 e. The first-order chi connectivity index (χ1) is 14.2. The van der Waals surface area contributed by atoms with E-state index in [4.69, 9.17) is 5.73 Å². The van der Waals surface area contributed by atoms with E-state index in [9.17, 15) is 4.79 Å². The molecular weight excluding hydrogens is 396 g/mol. The van der Waals surface area contributed by atoms with Crippen LogP contribution in [-0.4, -0.2) is 42.1 Å². The van der Waals surface area contributed by atoms with E-state index in [1.807, 2.05) is 24.4 Å². The predicted octanol–water partition coefficient (Wildman–Crippen LogP) is 4.75. The van der Waals surface area contributed by atoms with Gasteiger partial charge in [-0.05, 0) is 65.7 Å². The SMILES string of the molecule is Cl.NC(=O)N1C[C@@H](CCN2CC=C(c3ccc4[nH]ccc4c3)CC2)c2ccccc21. The number of H-pyrrole nitrogens is 1. The van der Waals surface area contributed by atoms with Gasteiger partial charge in [0.25, 0.3) is 0 Å². The Kier molecular flexibility index (Phi) is 5.84. The molecule has 2 amide bonds. The van der Waals surface area contributed by atoms with Crippen LogP contribution in [0.3, 0.4) is 0 Å². The van der Waals surface area contributed by atoms with Crippen molar-refractivity contribution in [3.63, 3.8) is 0 Å². The van der Waals surface area contributed by atoms with Crippen molar-refractivity contribution >= 4 is 40.6 Å². The molecular formula is C24H27ClN4O. The number of benzene rings is 2. The van der Waals surface area contributed by atoms with E-state index in [0.29, 0.717) is 12.5 Å². The van der Waals surface area contributed by atoms with Crippen LogP contribution in [0.2, 0.25) is 0 Å². The lowest BCUT2D eigenvalue weighted by Crippen LogP contribution is -2.35. The van der Waals surface area contributed by atoms with Gasteiger partial charge in [0.1, 0.15) is 0 Å². The summed E-state index contributed by atoms with van der Waals surface area (Å²) in [4.78, 5) is 19.3. The topological polar surface area (TPSA) is 65.4 Å². The molecule has 0 bridgehead atoms. The molecule has 2 aliphatic rings. The van der Waals surface area contributed by atoms with Crippen LogP contribution in [0.4, 0.5) is 10.5 Å². The highest BCUT2D eigenvalue weighted by atomic mass is 35.5. The Hall–Kier alpha value is -2.76. The number of halogens is 1. The van der Waals surface area contributed by atoms with Crippen LogP contribution in [-0.2, 0) is 0 Å². The number of para-hydroxylation sites is 1. The number of hydrogen-bond donors (Lipinski definition) is 2. The first kappa shape index (κ1) is 20.5. The van der Waals surface area contributed by atoms with Crippen molar-refractivity contribution in [3.05, 3.63) is 71.9 Å². The van der Waals surface area contributed by atoms with E-state index in [-0.39, 0.29) is 18.4 Å². The minimum atomic E-state index is -0.357. The predicted molar refractivity (Wildman–Crippen MR) is 125 cm³/mol. The maximum Gasteiger partial charge on any atom is 0.319 e. The van der Waals surface area contributed by atoms with Crippen LogP contribution < -0.4 is 10.6 Å². The molecule has 30 heavy (non-hydrogen) atoms. The van der Waals surface area contributed by atoms with Crippen LogP contribution in [0.5, 0.6) is 0 Å². The number of nitrogens with zero attached hydrogens (tertiary/aromatic N) is 2. The van der Waals surface area contributed by atoms with Gasteiger partial charge in [-0.3, -0.25) is 9.80 Å². The Morgan fingerprint density at radius 1 is 1.17 bits per heavy atom. The summed E-state index contributed by atoms with van der Waals surface area (Å²) >= 11 is 0. The molecule has 0 fully saturated rings. The summed E-state index contributed by atoms with van der Waals surface area (Å²) in [5, 5.41) is 1.27. The fourth-order valence-electron chi connectivity index (χ4n) is 4.72. The summed E-state index contributed by atoms with van der Waals surface area (Å²) in [5.74, 6) is 0.361. The second-order valence-electron chi connectivity index (χ2n) is 8.05. The summed E-state index contributed by atoms with van der Waals surface area (Å²) in [5.41, 5.74) is 11.8. The number of amides is 2. The maximum absolute atomic E-state index is 11.8. The van der Waals surface area contributed by atoms with Gasteiger partial charge < -0.3 is 10.7 Å². The molecule has 6 heteroatoms. The molecule has 0 saturated carbocycles.